The van der Waals surface area contributed by atoms with E-state index in [1.807, 2.05) is 0 Å². The number of carboxylic acids is 3. The third-order valence-electron chi connectivity index (χ3n) is 7.18. The van der Waals surface area contributed by atoms with Crippen molar-refractivity contribution in [3.63, 3.8) is 0 Å². The predicted molar refractivity (Wildman–Crippen MR) is 137 cm³/mol. The first kappa shape index (κ1) is 36.6. The molecule has 2 heterocycles. The van der Waals surface area contributed by atoms with Crippen LogP contribution in [0.1, 0.15) is 41.5 Å². The van der Waals surface area contributed by atoms with Gasteiger partial charge in [-0.3, -0.25) is 4.79 Å². The van der Waals surface area contributed by atoms with Crippen LogP contribution in [0.3, 0.4) is 0 Å². The van der Waals surface area contributed by atoms with Crippen molar-refractivity contribution >= 4 is 30.5 Å². The minimum absolute atomic E-state index is 0.120. The standard InChI is InChI=1S/C26H40O17/c1-25(2,3)11-12(29)15(32)24(43-17(11)22(35)36)39-9(7-27)16(21(33)34)40-10(8-28)41-18-13(30)14(31)20(26(4,5)6)42-19(18)23(37)38/h7-20,24,29-32H,1-6H3,(H,33,34)(H,35,36)(H,37,38)/t9?,10?,11-,12?,13?,14+,15+,16?,17?,18-,19?,20-,24-/m0/s1. The molecule has 0 amide bonds. The van der Waals surface area contributed by atoms with Gasteiger partial charge in [-0.2, -0.15) is 0 Å². The zero-order valence-corrected chi connectivity index (χ0v) is 24.4. The van der Waals surface area contributed by atoms with Gasteiger partial charge in [0.05, 0.1) is 12.2 Å². The summed E-state index contributed by atoms with van der Waals surface area (Å²) < 4.78 is 26.3. The van der Waals surface area contributed by atoms with Gasteiger partial charge in [0.15, 0.2) is 43.3 Å². The molecule has 0 aliphatic carbocycles. The molecule has 7 N–H and O–H groups in total. The van der Waals surface area contributed by atoms with Crippen LogP contribution >= 0.6 is 0 Å². The zero-order valence-electron chi connectivity index (χ0n) is 24.4. The van der Waals surface area contributed by atoms with E-state index >= 15 is 0 Å². The molecule has 0 aromatic carbocycles. The molecule has 17 nitrogen and oxygen atoms in total. The molecule has 0 radical (unpaired) electrons. The van der Waals surface area contributed by atoms with E-state index in [2.05, 4.69) is 0 Å². The number of hydrogen-bond donors (Lipinski definition) is 7. The second kappa shape index (κ2) is 14.0. The van der Waals surface area contributed by atoms with Crippen LogP contribution in [0.5, 0.6) is 0 Å². The van der Waals surface area contributed by atoms with Gasteiger partial charge in [-0.15, -0.1) is 0 Å². The highest BCUT2D eigenvalue weighted by atomic mass is 16.7. The van der Waals surface area contributed by atoms with Crippen molar-refractivity contribution in [3.05, 3.63) is 0 Å². The lowest BCUT2D eigenvalue weighted by molar-refractivity contribution is -0.314. The van der Waals surface area contributed by atoms with E-state index in [4.69, 9.17) is 23.7 Å². The van der Waals surface area contributed by atoms with Gasteiger partial charge in [-0.1, -0.05) is 41.5 Å². The second-order valence-electron chi connectivity index (χ2n) is 12.5. The van der Waals surface area contributed by atoms with Gasteiger partial charge in [-0.25, -0.2) is 14.4 Å². The van der Waals surface area contributed by atoms with Gasteiger partial charge in [0, 0.05) is 5.92 Å². The summed E-state index contributed by atoms with van der Waals surface area (Å²) in [6, 6.07) is 0. The Morgan fingerprint density at radius 3 is 1.70 bits per heavy atom. The van der Waals surface area contributed by atoms with Gasteiger partial charge in [0.2, 0.25) is 6.29 Å². The quantitative estimate of drug-likeness (QED) is 0.0893. The lowest BCUT2D eigenvalue weighted by Gasteiger charge is -2.47. The van der Waals surface area contributed by atoms with Crippen molar-refractivity contribution in [1.82, 2.24) is 0 Å². The summed E-state index contributed by atoms with van der Waals surface area (Å²) in [5.74, 6) is -6.28. The van der Waals surface area contributed by atoms with E-state index in [0.717, 1.165) is 0 Å². The molecule has 7 unspecified atom stereocenters. The maximum absolute atomic E-state index is 12.0. The van der Waals surface area contributed by atoms with Gasteiger partial charge in [0.1, 0.15) is 24.4 Å². The molecular weight excluding hydrogens is 584 g/mol. The van der Waals surface area contributed by atoms with Crippen LogP contribution in [0.25, 0.3) is 0 Å². The molecule has 13 atom stereocenters. The highest BCUT2D eigenvalue weighted by molar-refractivity contribution is 5.79. The summed E-state index contributed by atoms with van der Waals surface area (Å²) in [5, 5.41) is 71.5. The normalized spacial score (nSPS) is 35.8. The Morgan fingerprint density at radius 1 is 0.721 bits per heavy atom. The Bertz CT molecular complexity index is 1020. The molecular formula is C26H40O17. The Kier molecular flexibility index (Phi) is 11.9. The fourth-order valence-corrected chi connectivity index (χ4v) is 5.09. The molecule has 2 aliphatic rings. The molecule has 2 saturated heterocycles. The van der Waals surface area contributed by atoms with Crippen LogP contribution < -0.4 is 0 Å². The summed E-state index contributed by atoms with van der Waals surface area (Å²) >= 11 is 0. The van der Waals surface area contributed by atoms with E-state index in [1.54, 1.807) is 41.5 Å². The van der Waals surface area contributed by atoms with E-state index in [9.17, 15) is 59.7 Å². The Morgan fingerprint density at radius 2 is 1.28 bits per heavy atom. The summed E-state index contributed by atoms with van der Waals surface area (Å²) in [5.41, 5.74) is -1.75. The Hall–Kier alpha value is -2.61. The number of rotatable bonds is 12. The highest BCUT2D eigenvalue weighted by Gasteiger charge is 2.55. The molecule has 2 aliphatic heterocycles. The van der Waals surface area contributed by atoms with Crippen molar-refractivity contribution in [3.8, 4) is 0 Å². The van der Waals surface area contributed by atoms with E-state index in [1.165, 1.54) is 0 Å². The number of aliphatic hydroxyl groups is 4. The third-order valence-corrected chi connectivity index (χ3v) is 7.18. The van der Waals surface area contributed by atoms with E-state index in [0.29, 0.717) is 0 Å². The number of aliphatic hydroxyl groups excluding tert-OH is 4. The number of carbonyl (C=O) groups is 5. The van der Waals surface area contributed by atoms with Crippen molar-refractivity contribution < 1.29 is 83.4 Å². The molecule has 2 rings (SSSR count). The van der Waals surface area contributed by atoms with Gasteiger partial charge in [0.25, 0.3) is 0 Å². The number of ether oxygens (including phenoxy) is 5. The predicted octanol–water partition coefficient (Wildman–Crippen LogP) is -2.24. The topological polar surface area (TPSA) is 273 Å². The molecule has 43 heavy (non-hydrogen) atoms. The number of hydrogen-bond acceptors (Lipinski definition) is 14. The van der Waals surface area contributed by atoms with Gasteiger partial charge < -0.3 is 64.2 Å². The van der Waals surface area contributed by atoms with Crippen LogP contribution in [-0.2, 0) is 47.7 Å². The van der Waals surface area contributed by atoms with Crippen LogP contribution in [0.15, 0.2) is 0 Å². The summed E-state index contributed by atoms with van der Waals surface area (Å²) in [6.45, 7) is 9.58. The minimum atomic E-state index is -2.42. The maximum Gasteiger partial charge on any atom is 0.336 e. The zero-order chi connectivity index (χ0) is 33.2. The molecule has 0 spiro atoms. The van der Waals surface area contributed by atoms with Crippen LogP contribution in [0.2, 0.25) is 0 Å². The number of carbonyl (C=O) groups excluding carboxylic acids is 2. The molecule has 246 valence electrons. The molecule has 2 fully saturated rings. The van der Waals surface area contributed by atoms with Gasteiger partial charge in [-0.05, 0) is 10.8 Å². The van der Waals surface area contributed by atoms with Crippen molar-refractivity contribution in [1.29, 1.82) is 0 Å². The number of aldehydes is 2. The first-order valence-electron chi connectivity index (χ1n) is 13.3. The summed E-state index contributed by atoms with van der Waals surface area (Å²) in [6.07, 6.45) is -23.5. The maximum atomic E-state index is 12.0. The van der Waals surface area contributed by atoms with E-state index in [-0.39, 0.29) is 12.6 Å². The highest BCUT2D eigenvalue weighted by Crippen LogP contribution is 2.40. The smallest absolute Gasteiger partial charge is 0.336 e. The van der Waals surface area contributed by atoms with Crippen molar-refractivity contribution in [2.75, 3.05) is 0 Å². The largest absolute Gasteiger partial charge is 0.479 e. The SMILES string of the molecule is CC(C)(C)[C@@H]1C(C(=O)O)O[C@H](OC(C=O)C(OC(C=O)O[C@@H]2C(C(=O)O)O[C@H](C(C)(C)C)[C@H](O)C2O)C(=O)O)[C@H](O)C1O. The van der Waals surface area contributed by atoms with Crippen LogP contribution in [-0.4, -0.2) is 140 Å². The minimum Gasteiger partial charge on any atom is -0.479 e. The molecule has 0 saturated carbocycles. The Balaban J connectivity index is 2.29. The molecule has 0 aromatic heterocycles. The fraction of sp³-hybridized carbons (Fsp3) is 0.808. The first-order valence-corrected chi connectivity index (χ1v) is 13.3. The molecule has 0 bridgehead atoms. The average molecular weight is 625 g/mol. The van der Waals surface area contributed by atoms with Crippen LogP contribution in [0, 0.1) is 16.7 Å². The first-order chi connectivity index (χ1) is 19.7. The molecule has 17 heteroatoms. The van der Waals surface area contributed by atoms with Crippen molar-refractivity contribution in [2.24, 2.45) is 16.7 Å². The fourth-order valence-electron chi connectivity index (χ4n) is 5.09. The number of aliphatic carboxylic acids is 3. The summed E-state index contributed by atoms with van der Waals surface area (Å²) in [7, 11) is 0. The van der Waals surface area contributed by atoms with E-state index < -0.39 is 108 Å². The lowest BCUT2D eigenvalue weighted by atomic mass is 9.71. The Labute approximate surface area is 246 Å². The second-order valence-corrected chi connectivity index (χ2v) is 12.5. The van der Waals surface area contributed by atoms with Crippen LogP contribution in [0.4, 0.5) is 0 Å². The van der Waals surface area contributed by atoms with Crippen molar-refractivity contribution in [2.45, 2.75) is 115 Å². The lowest BCUT2D eigenvalue weighted by Crippen LogP contribution is -2.64. The monoisotopic (exact) mass is 624 g/mol. The summed E-state index contributed by atoms with van der Waals surface area (Å²) in [4.78, 5) is 59.5. The third kappa shape index (κ3) is 8.31. The average Bonchev–Trinajstić information content (AvgIpc) is 2.87. The number of carboxylic acid groups (broad SMARTS) is 3. The molecule has 0 aromatic rings. The van der Waals surface area contributed by atoms with Gasteiger partial charge >= 0.3 is 17.9 Å².